The van der Waals surface area contributed by atoms with E-state index in [4.69, 9.17) is 10.5 Å². The first kappa shape index (κ1) is 20.0. The Morgan fingerprint density at radius 3 is 2.90 bits per heavy atom. The van der Waals surface area contributed by atoms with Gasteiger partial charge in [0.15, 0.2) is 0 Å². The Labute approximate surface area is 166 Å². The summed E-state index contributed by atoms with van der Waals surface area (Å²) in [7, 11) is 0. The summed E-state index contributed by atoms with van der Waals surface area (Å²) in [6, 6.07) is 7.26. The quantitative estimate of drug-likeness (QED) is 0.309. The smallest absolute Gasteiger partial charge is 0.354 e. The van der Waals surface area contributed by atoms with Gasteiger partial charge in [-0.2, -0.15) is 5.10 Å². The molecule has 0 aliphatic carbocycles. The molecule has 0 bridgehead atoms. The average molecular weight is 399 g/mol. The number of anilines is 3. The van der Waals surface area contributed by atoms with E-state index < -0.39 is 10.6 Å². The van der Waals surface area contributed by atoms with Crippen LogP contribution in [0, 0.1) is 16.0 Å². The summed E-state index contributed by atoms with van der Waals surface area (Å²) < 4.78 is 4.99. The highest BCUT2D eigenvalue weighted by molar-refractivity contribution is 5.89. The molecule has 3 rings (SSSR count). The van der Waals surface area contributed by atoms with Gasteiger partial charge in [-0.25, -0.2) is 14.8 Å². The molecule has 152 valence electrons. The van der Waals surface area contributed by atoms with Crippen molar-refractivity contribution in [3.05, 3.63) is 46.3 Å². The van der Waals surface area contributed by atoms with Crippen LogP contribution >= 0.6 is 0 Å². The summed E-state index contributed by atoms with van der Waals surface area (Å²) in [5.41, 5.74) is 9.21. The van der Waals surface area contributed by atoms with E-state index in [1.54, 1.807) is 25.3 Å². The van der Waals surface area contributed by atoms with Crippen LogP contribution in [-0.4, -0.2) is 46.8 Å². The Balaban J connectivity index is 1.58. The van der Waals surface area contributed by atoms with Gasteiger partial charge in [-0.15, -0.1) is 0 Å². The number of nitro groups is 1. The minimum absolute atomic E-state index is 0.0526. The highest BCUT2D eigenvalue weighted by Crippen LogP contribution is 2.27. The second-order valence-corrected chi connectivity index (χ2v) is 6.37. The van der Waals surface area contributed by atoms with Gasteiger partial charge < -0.3 is 15.4 Å². The average Bonchev–Trinajstić information content (AvgIpc) is 3.17. The van der Waals surface area contributed by atoms with Gasteiger partial charge in [0.25, 0.3) is 0 Å². The fourth-order valence-electron chi connectivity index (χ4n) is 3.02. The molecule has 1 atom stereocenters. The van der Waals surface area contributed by atoms with E-state index in [0.717, 1.165) is 31.5 Å². The number of hydrazone groups is 1. The standard InChI is InChI=1S/C18H21N7O4/c1-2-29-18(26)13-3-5-14(6-4-13)24-8-7-12(10-24)9-22-23-17-15(25(27)28)16(19)20-11-21-17/h3-6,9,11-12H,2,7-8,10H2,1H3,(H3,19,20,21,23). The van der Waals surface area contributed by atoms with E-state index in [0.29, 0.717) is 12.2 Å². The van der Waals surface area contributed by atoms with Crippen LogP contribution in [0.2, 0.25) is 0 Å². The minimum atomic E-state index is -0.648. The molecular weight excluding hydrogens is 378 g/mol. The molecule has 11 nitrogen and oxygen atoms in total. The van der Waals surface area contributed by atoms with E-state index in [2.05, 4.69) is 25.4 Å². The number of nitrogens with zero attached hydrogens (tertiary/aromatic N) is 5. The van der Waals surface area contributed by atoms with Gasteiger partial charge in [0.05, 0.1) is 17.1 Å². The van der Waals surface area contributed by atoms with Crippen molar-refractivity contribution < 1.29 is 14.5 Å². The summed E-state index contributed by atoms with van der Waals surface area (Å²) in [6.45, 7) is 3.67. The number of hydrogen-bond acceptors (Lipinski definition) is 10. The van der Waals surface area contributed by atoms with Gasteiger partial charge in [-0.1, -0.05) is 0 Å². The van der Waals surface area contributed by atoms with Gasteiger partial charge in [0.2, 0.25) is 11.6 Å². The number of carbonyl (C=O) groups is 1. The SMILES string of the molecule is CCOC(=O)c1ccc(N2CCC(C=NNc3ncnc(N)c3[N+](=O)[O-])C2)cc1. The number of rotatable bonds is 7. The molecule has 2 aromatic rings. The molecule has 1 aromatic carbocycles. The Bertz CT molecular complexity index is 917. The zero-order valence-corrected chi connectivity index (χ0v) is 15.8. The highest BCUT2D eigenvalue weighted by atomic mass is 16.6. The first-order valence-corrected chi connectivity index (χ1v) is 9.05. The number of benzene rings is 1. The third-order valence-corrected chi connectivity index (χ3v) is 4.46. The molecule has 0 spiro atoms. The number of aromatic nitrogens is 2. The second-order valence-electron chi connectivity index (χ2n) is 6.37. The summed E-state index contributed by atoms with van der Waals surface area (Å²) in [5, 5.41) is 15.2. The summed E-state index contributed by atoms with van der Waals surface area (Å²) in [5.74, 6) is -0.453. The number of nitrogens with one attached hydrogen (secondary N) is 1. The zero-order valence-electron chi connectivity index (χ0n) is 15.8. The number of esters is 1. The van der Waals surface area contributed by atoms with E-state index in [1.165, 1.54) is 0 Å². The van der Waals surface area contributed by atoms with Crippen LogP contribution in [0.25, 0.3) is 0 Å². The van der Waals surface area contributed by atoms with Gasteiger partial charge >= 0.3 is 11.7 Å². The molecule has 1 aliphatic rings. The van der Waals surface area contributed by atoms with Gasteiger partial charge in [0.1, 0.15) is 6.33 Å². The number of nitrogens with two attached hydrogens (primary N) is 1. The molecule has 0 radical (unpaired) electrons. The monoisotopic (exact) mass is 399 g/mol. The van der Waals surface area contributed by atoms with Crippen molar-refractivity contribution in [1.82, 2.24) is 9.97 Å². The van der Waals surface area contributed by atoms with Crippen molar-refractivity contribution in [3.63, 3.8) is 0 Å². The van der Waals surface area contributed by atoms with Crippen LogP contribution < -0.4 is 16.1 Å². The third-order valence-electron chi connectivity index (χ3n) is 4.46. The number of nitrogen functional groups attached to an aromatic ring is 1. The maximum absolute atomic E-state index is 11.7. The highest BCUT2D eigenvalue weighted by Gasteiger charge is 2.23. The Hall–Kier alpha value is -3.76. The lowest BCUT2D eigenvalue weighted by atomic mass is 10.1. The fraction of sp³-hybridized carbons (Fsp3) is 0.333. The molecule has 0 saturated carbocycles. The van der Waals surface area contributed by atoms with Crippen LogP contribution in [-0.2, 0) is 4.74 Å². The van der Waals surface area contributed by atoms with E-state index in [-0.39, 0.29) is 23.5 Å². The lowest BCUT2D eigenvalue weighted by molar-refractivity contribution is -0.383. The number of hydrogen-bond donors (Lipinski definition) is 2. The fourth-order valence-corrected chi connectivity index (χ4v) is 3.02. The summed E-state index contributed by atoms with van der Waals surface area (Å²) in [6.07, 6.45) is 3.71. The first-order chi connectivity index (χ1) is 14.0. The summed E-state index contributed by atoms with van der Waals surface area (Å²) >= 11 is 0. The zero-order chi connectivity index (χ0) is 20.8. The van der Waals surface area contributed by atoms with Crippen LogP contribution in [0.1, 0.15) is 23.7 Å². The van der Waals surface area contributed by atoms with Crippen molar-refractivity contribution in [3.8, 4) is 0 Å². The molecule has 3 N–H and O–H groups in total. The van der Waals surface area contributed by atoms with Crippen LogP contribution in [0.3, 0.4) is 0 Å². The number of ether oxygens (including phenoxy) is 1. The van der Waals surface area contributed by atoms with Gasteiger partial charge in [-0.05, 0) is 37.6 Å². The van der Waals surface area contributed by atoms with Crippen molar-refractivity contribution >= 4 is 35.2 Å². The normalized spacial score (nSPS) is 16.2. The molecule has 1 saturated heterocycles. The molecule has 1 aliphatic heterocycles. The van der Waals surface area contributed by atoms with Crippen LogP contribution in [0.4, 0.5) is 23.0 Å². The van der Waals surface area contributed by atoms with Crippen molar-refractivity contribution in [2.24, 2.45) is 11.0 Å². The Morgan fingerprint density at radius 1 is 1.45 bits per heavy atom. The van der Waals surface area contributed by atoms with Crippen molar-refractivity contribution in [2.45, 2.75) is 13.3 Å². The van der Waals surface area contributed by atoms with Gasteiger partial charge in [0, 0.05) is 30.9 Å². The first-order valence-electron chi connectivity index (χ1n) is 9.05. The van der Waals surface area contributed by atoms with Crippen LogP contribution in [0.5, 0.6) is 0 Å². The molecule has 29 heavy (non-hydrogen) atoms. The molecular formula is C18H21N7O4. The van der Waals surface area contributed by atoms with E-state index in [1.807, 2.05) is 12.1 Å². The number of carbonyl (C=O) groups excluding carboxylic acids is 1. The summed E-state index contributed by atoms with van der Waals surface area (Å²) in [4.78, 5) is 31.8. The van der Waals surface area contributed by atoms with Crippen molar-refractivity contribution in [1.29, 1.82) is 0 Å². The lowest BCUT2D eigenvalue weighted by Crippen LogP contribution is -2.20. The Morgan fingerprint density at radius 2 is 2.21 bits per heavy atom. The topological polar surface area (TPSA) is 149 Å². The predicted molar refractivity (Wildman–Crippen MR) is 108 cm³/mol. The molecule has 0 amide bonds. The minimum Gasteiger partial charge on any atom is -0.462 e. The lowest BCUT2D eigenvalue weighted by Gasteiger charge is -2.18. The predicted octanol–water partition coefficient (Wildman–Crippen LogP) is 2.07. The Kier molecular flexibility index (Phi) is 6.17. The molecule has 11 heteroatoms. The van der Waals surface area contributed by atoms with Crippen LogP contribution in [0.15, 0.2) is 35.7 Å². The molecule has 1 fully saturated rings. The maximum atomic E-state index is 11.7. The second kappa shape index (κ2) is 8.95. The largest absolute Gasteiger partial charge is 0.462 e. The molecule has 1 aromatic heterocycles. The van der Waals surface area contributed by atoms with E-state index >= 15 is 0 Å². The molecule has 1 unspecified atom stereocenters. The van der Waals surface area contributed by atoms with Crippen molar-refractivity contribution in [2.75, 3.05) is 35.8 Å². The van der Waals surface area contributed by atoms with Gasteiger partial charge in [-0.3, -0.25) is 15.5 Å². The molecule has 2 heterocycles. The van der Waals surface area contributed by atoms with E-state index in [9.17, 15) is 14.9 Å². The third kappa shape index (κ3) is 4.75. The maximum Gasteiger partial charge on any atom is 0.354 e.